The van der Waals surface area contributed by atoms with Gasteiger partial charge in [-0.05, 0) is 43.9 Å². The molecule has 0 saturated heterocycles. The standard InChI is InChI=1S/C21H27NO4/c1-21(2,3)26-20(25)22-18(19(24)14-23)13-15-9-11-17(12-10-15)16-7-5-4-6-8-16/h4-12,18-19,23-24H,13-14H2,1-3H3,(H,22,25)/t18-,19?/m1/s1. The SMILES string of the molecule is CC(C)(C)OC(=O)N[C@H](Cc1ccc(-c2ccccc2)cc1)C(O)CO. The highest BCUT2D eigenvalue weighted by atomic mass is 16.6. The van der Waals surface area contributed by atoms with Gasteiger partial charge in [-0.2, -0.15) is 0 Å². The second-order valence-corrected chi connectivity index (χ2v) is 7.27. The number of hydrogen-bond acceptors (Lipinski definition) is 4. The average Bonchev–Trinajstić information content (AvgIpc) is 2.60. The molecule has 2 aromatic carbocycles. The Morgan fingerprint density at radius 3 is 2.15 bits per heavy atom. The highest BCUT2D eigenvalue weighted by Gasteiger charge is 2.24. The molecule has 0 bridgehead atoms. The molecular formula is C21H27NO4. The number of carbonyl (C=O) groups excluding carboxylic acids is 1. The van der Waals surface area contributed by atoms with Gasteiger partial charge in [-0.3, -0.25) is 0 Å². The molecule has 5 nitrogen and oxygen atoms in total. The fourth-order valence-electron chi connectivity index (χ4n) is 2.59. The van der Waals surface area contributed by atoms with E-state index >= 15 is 0 Å². The summed E-state index contributed by atoms with van der Waals surface area (Å²) in [6, 6.07) is 17.3. The molecule has 2 atom stereocenters. The van der Waals surface area contributed by atoms with Crippen LogP contribution in [0.5, 0.6) is 0 Å². The first-order chi connectivity index (χ1) is 12.3. The van der Waals surface area contributed by atoms with E-state index in [1.54, 1.807) is 20.8 Å². The smallest absolute Gasteiger partial charge is 0.407 e. The monoisotopic (exact) mass is 357 g/mol. The maximum absolute atomic E-state index is 12.0. The second kappa shape index (κ2) is 8.83. The molecule has 0 saturated carbocycles. The largest absolute Gasteiger partial charge is 0.444 e. The van der Waals surface area contributed by atoms with E-state index in [-0.39, 0.29) is 0 Å². The molecule has 0 radical (unpaired) electrons. The number of hydrogen-bond donors (Lipinski definition) is 3. The van der Waals surface area contributed by atoms with Crippen LogP contribution in [0.25, 0.3) is 11.1 Å². The number of amides is 1. The zero-order valence-corrected chi connectivity index (χ0v) is 15.5. The average molecular weight is 357 g/mol. The molecule has 0 aliphatic heterocycles. The zero-order valence-electron chi connectivity index (χ0n) is 15.5. The molecule has 0 spiro atoms. The molecule has 1 amide bonds. The highest BCUT2D eigenvalue weighted by molar-refractivity contribution is 5.68. The summed E-state index contributed by atoms with van der Waals surface area (Å²) in [6.07, 6.45) is -1.30. The zero-order chi connectivity index (χ0) is 19.2. The van der Waals surface area contributed by atoms with Crippen molar-refractivity contribution in [2.24, 2.45) is 0 Å². The van der Waals surface area contributed by atoms with Gasteiger partial charge in [0.05, 0.1) is 18.8 Å². The Bertz CT molecular complexity index is 692. The van der Waals surface area contributed by atoms with Gasteiger partial charge in [0.2, 0.25) is 0 Å². The predicted molar refractivity (Wildman–Crippen MR) is 102 cm³/mol. The van der Waals surface area contributed by atoms with Gasteiger partial charge >= 0.3 is 6.09 Å². The Labute approximate surface area is 154 Å². The van der Waals surface area contributed by atoms with Crippen LogP contribution in [0.4, 0.5) is 4.79 Å². The van der Waals surface area contributed by atoms with Crippen LogP contribution in [0.2, 0.25) is 0 Å². The van der Waals surface area contributed by atoms with Crippen LogP contribution in [0, 0.1) is 0 Å². The fraction of sp³-hybridized carbons (Fsp3) is 0.381. The minimum absolute atomic E-state index is 0.385. The van der Waals surface area contributed by atoms with E-state index in [4.69, 9.17) is 4.74 Å². The van der Waals surface area contributed by atoms with Gasteiger partial charge in [-0.1, -0.05) is 54.6 Å². The first-order valence-corrected chi connectivity index (χ1v) is 8.71. The van der Waals surface area contributed by atoms with Crippen molar-refractivity contribution in [3.63, 3.8) is 0 Å². The number of benzene rings is 2. The lowest BCUT2D eigenvalue weighted by Gasteiger charge is -2.26. The van der Waals surface area contributed by atoms with Crippen molar-refractivity contribution in [1.82, 2.24) is 5.32 Å². The normalized spacial score (nSPS) is 13.7. The molecule has 0 aliphatic carbocycles. The van der Waals surface area contributed by atoms with Crippen molar-refractivity contribution in [3.8, 4) is 11.1 Å². The summed E-state index contributed by atoms with van der Waals surface area (Å²) < 4.78 is 5.23. The number of aliphatic hydroxyl groups excluding tert-OH is 2. The quantitative estimate of drug-likeness (QED) is 0.742. The number of ether oxygens (including phenoxy) is 1. The molecule has 0 aromatic heterocycles. The Kier molecular flexibility index (Phi) is 6.77. The lowest BCUT2D eigenvalue weighted by Crippen LogP contribution is -2.48. The van der Waals surface area contributed by atoms with E-state index in [9.17, 15) is 15.0 Å². The molecule has 0 aliphatic rings. The second-order valence-electron chi connectivity index (χ2n) is 7.27. The Morgan fingerprint density at radius 2 is 1.62 bits per heavy atom. The predicted octanol–water partition coefficient (Wildman–Crippen LogP) is 3.14. The number of alkyl carbamates (subject to hydrolysis) is 1. The third-order valence-electron chi connectivity index (χ3n) is 3.87. The van der Waals surface area contributed by atoms with Crippen molar-refractivity contribution < 1.29 is 19.7 Å². The van der Waals surface area contributed by atoms with Gasteiger partial charge in [-0.25, -0.2) is 4.79 Å². The number of rotatable bonds is 6. The van der Waals surface area contributed by atoms with E-state index in [1.165, 1.54) is 0 Å². The molecule has 140 valence electrons. The van der Waals surface area contributed by atoms with Crippen molar-refractivity contribution in [1.29, 1.82) is 0 Å². The van der Waals surface area contributed by atoms with E-state index in [1.807, 2.05) is 54.6 Å². The number of carbonyl (C=O) groups is 1. The van der Waals surface area contributed by atoms with E-state index in [0.717, 1.165) is 16.7 Å². The molecule has 1 unspecified atom stereocenters. The maximum atomic E-state index is 12.0. The van der Waals surface area contributed by atoms with E-state index < -0.39 is 30.4 Å². The third kappa shape index (κ3) is 6.17. The molecule has 0 heterocycles. The van der Waals surface area contributed by atoms with Crippen LogP contribution < -0.4 is 5.32 Å². The van der Waals surface area contributed by atoms with Crippen LogP contribution in [0.1, 0.15) is 26.3 Å². The summed E-state index contributed by atoms with van der Waals surface area (Å²) in [5.41, 5.74) is 2.53. The summed E-state index contributed by atoms with van der Waals surface area (Å²) in [4.78, 5) is 12.0. The minimum atomic E-state index is -1.07. The van der Waals surface area contributed by atoms with Crippen molar-refractivity contribution in [3.05, 3.63) is 60.2 Å². The molecule has 0 fully saturated rings. The highest BCUT2D eigenvalue weighted by Crippen LogP contribution is 2.20. The van der Waals surface area contributed by atoms with Crippen LogP contribution in [0.15, 0.2) is 54.6 Å². The summed E-state index contributed by atoms with van der Waals surface area (Å²) in [5.74, 6) is 0. The van der Waals surface area contributed by atoms with Crippen molar-refractivity contribution >= 4 is 6.09 Å². The van der Waals surface area contributed by atoms with Gasteiger partial charge in [-0.15, -0.1) is 0 Å². The van der Waals surface area contributed by atoms with Gasteiger partial charge in [0.1, 0.15) is 5.60 Å². The van der Waals surface area contributed by atoms with E-state index in [0.29, 0.717) is 6.42 Å². The molecule has 5 heteroatoms. The number of nitrogens with one attached hydrogen (secondary N) is 1. The fourth-order valence-corrected chi connectivity index (χ4v) is 2.59. The van der Waals surface area contributed by atoms with Gasteiger partial charge in [0.25, 0.3) is 0 Å². The lowest BCUT2D eigenvalue weighted by molar-refractivity contribution is 0.0320. The summed E-state index contributed by atoms with van der Waals surface area (Å²) in [5, 5.41) is 22.0. The van der Waals surface area contributed by atoms with Gasteiger partial charge in [0, 0.05) is 0 Å². The lowest BCUT2D eigenvalue weighted by atomic mass is 9.98. The molecule has 3 N–H and O–H groups in total. The molecule has 2 rings (SSSR count). The first kappa shape index (κ1) is 19.9. The van der Waals surface area contributed by atoms with Gasteiger partial charge in [0.15, 0.2) is 0 Å². The van der Waals surface area contributed by atoms with Gasteiger partial charge < -0.3 is 20.3 Å². The van der Waals surface area contributed by atoms with Crippen molar-refractivity contribution in [2.75, 3.05) is 6.61 Å². The summed E-state index contributed by atoms with van der Waals surface area (Å²) >= 11 is 0. The van der Waals surface area contributed by atoms with Crippen LogP contribution in [-0.4, -0.2) is 40.7 Å². The Hall–Kier alpha value is -2.37. The van der Waals surface area contributed by atoms with Crippen LogP contribution >= 0.6 is 0 Å². The van der Waals surface area contributed by atoms with Crippen LogP contribution in [-0.2, 0) is 11.2 Å². The molecular weight excluding hydrogens is 330 g/mol. The van der Waals surface area contributed by atoms with Crippen molar-refractivity contribution in [2.45, 2.75) is 44.9 Å². The van der Waals surface area contributed by atoms with E-state index in [2.05, 4.69) is 5.32 Å². The Morgan fingerprint density at radius 1 is 1.04 bits per heavy atom. The topological polar surface area (TPSA) is 78.8 Å². The summed E-state index contributed by atoms with van der Waals surface area (Å²) in [6.45, 7) is 4.87. The summed E-state index contributed by atoms with van der Waals surface area (Å²) in [7, 11) is 0. The molecule has 2 aromatic rings. The maximum Gasteiger partial charge on any atom is 0.407 e. The van der Waals surface area contributed by atoms with Crippen LogP contribution in [0.3, 0.4) is 0 Å². The first-order valence-electron chi connectivity index (χ1n) is 8.71. The number of aliphatic hydroxyl groups is 2. The molecule has 26 heavy (non-hydrogen) atoms. The minimum Gasteiger partial charge on any atom is -0.444 e. The third-order valence-corrected chi connectivity index (χ3v) is 3.87. The Balaban J connectivity index is 2.07.